The Kier molecular flexibility index (Phi) is 3.01. The van der Waals surface area contributed by atoms with Crippen molar-refractivity contribution in [3.8, 4) is 0 Å². The fourth-order valence-electron chi connectivity index (χ4n) is 1.64. The van der Waals surface area contributed by atoms with Gasteiger partial charge in [-0.1, -0.05) is 0 Å². The molecule has 1 amide bonds. The predicted octanol–water partition coefficient (Wildman–Crippen LogP) is 0.0728. The van der Waals surface area contributed by atoms with Gasteiger partial charge in [0, 0.05) is 32.0 Å². The Hall–Kier alpha value is -1.36. The number of nitrogens with one attached hydrogen (secondary N) is 1. The van der Waals surface area contributed by atoms with Crippen molar-refractivity contribution < 1.29 is 9.53 Å². The van der Waals surface area contributed by atoms with Crippen LogP contribution in [0.5, 0.6) is 0 Å². The second-order valence-corrected chi connectivity index (χ2v) is 3.80. The molecule has 1 unspecified atom stereocenters. The van der Waals surface area contributed by atoms with Crippen LogP contribution in [0.3, 0.4) is 0 Å². The molecule has 1 N–H and O–H groups in total. The standard InChI is InChI=1S/C10H15N3O2/c1-13-6-8(5-12-13)4-11-10(14)9-2-3-15-7-9/h5-6,9H,2-4,7H2,1H3,(H,11,14). The molecule has 2 rings (SSSR count). The van der Waals surface area contributed by atoms with Gasteiger partial charge in [0.2, 0.25) is 5.91 Å². The number of nitrogens with zero attached hydrogens (tertiary/aromatic N) is 2. The summed E-state index contributed by atoms with van der Waals surface area (Å²) in [5, 5.41) is 6.91. The summed E-state index contributed by atoms with van der Waals surface area (Å²) in [6.07, 6.45) is 4.48. The van der Waals surface area contributed by atoms with Crippen LogP contribution in [-0.4, -0.2) is 28.9 Å². The minimum atomic E-state index is 0.0293. The van der Waals surface area contributed by atoms with Gasteiger partial charge in [-0.05, 0) is 6.42 Å². The number of aromatic nitrogens is 2. The second-order valence-electron chi connectivity index (χ2n) is 3.80. The van der Waals surface area contributed by atoms with Gasteiger partial charge in [0.15, 0.2) is 0 Å². The molecule has 0 spiro atoms. The van der Waals surface area contributed by atoms with Gasteiger partial charge in [0.05, 0.1) is 18.7 Å². The Balaban J connectivity index is 1.80. The monoisotopic (exact) mass is 209 g/mol. The van der Waals surface area contributed by atoms with Crippen LogP contribution in [-0.2, 0) is 23.1 Å². The zero-order valence-corrected chi connectivity index (χ0v) is 8.77. The number of carbonyl (C=O) groups is 1. The molecular weight excluding hydrogens is 194 g/mol. The van der Waals surface area contributed by atoms with Gasteiger partial charge in [-0.25, -0.2) is 0 Å². The number of aryl methyl sites for hydroxylation is 1. The molecule has 2 heterocycles. The van der Waals surface area contributed by atoms with Crippen LogP contribution in [0.15, 0.2) is 12.4 Å². The van der Waals surface area contributed by atoms with E-state index in [-0.39, 0.29) is 11.8 Å². The van der Waals surface area contributed by atoms with Crippen molar-refractivity contribution in [2.75, 3.05) is 13.2 Å². The fraction of sp³-hybridized carbons (Fsp3) is 0.600. The lowest BCUT2D eigenvalue weighted by atomic mass is 10.1. The maximum Gasteiger partial charge on any atom is 0.225 e. The van der Waals surface area contributed by atoms with Crippen molar-refractivity contribution in [1.29, 1.82) is 0 Å². The van der Waals surface area contributed by atoms with Crippen LogP contribution in [0.1, 0.15) is 12.0 Å². The third-order valence-corrected chi connectivity index (χ3v) is 2.53. The molecule has 1 aliphatic heterocycles. The summed E-state index contributed by atoms with van der Waals surface area (Å²) in [6.45, 7) is 1.80. The first-order valence-electron chi connectivity index (χ1n) is 5.08. The van der Waals surface area contributed by atoms with Crippen LogP contribution in [0.2, 0.25) is 0 Å². The summed E-state index contributed by atoms with van der Waals surface area (Å²) < 4.78 is 6.88. The number of hydrogen-bond acceptors (Lipinski definition) is 3. The van der Waals surface area contributed by atoms with Crippen molar-refractivity contribution in [1.82, 2.24) is 15.1 Å². The van der Waals surface area contributed by atoms with E-state index in [1.54, 1.807) is 10.9 Å². The summed E-state index contributed by atoms with van der Waals surface area (Å²) in [7, 11) is 1.86. The van der Waals surface area contributed by atoms with Gasteiger partial charge < -0.3 is 10.1 Å². The summed E-state index contributed by atoms with van der Waals surface area (Å²) in [4.78, 5) is 11.6. The maximum atomic E-state index is 11.6. The second kappa shape index (κ2) is 4.44. The molecule has 0 aromatic carbocycles. The lowest BCUT2D eigenvalue weighted by molar-refractivity contribution is -0.125. The number of hydrogen-bond donors (Lipinski definition) is 1. The SMILES string of the molecule is Cn1cc(CNC(=O)C2CCOC2)cn1. The summed E-state index contributed by atoms with van der Waals surface area (Å²) in [5.74, 6) is 0.109. The number of amides is 1. The molecule has 1 fully saturated rings. The number of ether oxygens (including phenoxy) is 1. The molecule has 0 radical (unpaired) electrons. The van der Waals surface area contributed by atoms with E-state index in [1.807, 2.05) is 13.2 Å². The van der Waals surface area contributed by atoms with Crippen LogP contribution < -0.4 is 5.32 Å². The minimum absolute atomic E-state index is 0.0293. The molecule has 0 aliphatic carbocycles. The lowest BCUT2D eigenvalue weighted by Crippen LogP contribution is -2.30. The van der Waals surface area contributed by atoms with Crippen LogP contribution in [0.25, 0.3) is 0 Å². The summed E-state index contributed by atoms with van der Waals surface area (Å²) in [5.41, 5.74) is 1.02. The third kappa shape index (κ3) is 2.56. The average molecular weight is 209 g/mol. The first-order valence-corrected chi connectivity index (χ1v) is 5.08. The molecule has 0 bridgehead atoms. The molecule has 15 heavy (non-hydrogen) atoms. The molecule has 0 saturated carbocycles. The molecule has 1 aromatic rings. The van der Waals surface area contributed by atoms with Gasteiger partial charge in [0.1, 0.15) is 0 Å². The first kappa shape index (κ1) is 10.2. The van der Waals surface area contributed by atoms with E-state index in [4.69, 9.17) is 4.74 Å². The van der Waals surface area contributed by atoms with Crippen molar-refractivity contribution in [2.45, 2.75) is 13.0 Å². The highest BCUT2D eigenvalue weighted by Crippen LogP contribution is 2.12. The summed E-state index contributed by atoms with van der Waals surface area (Å²) >= 11 is 0. The molecule has 5 nitrogen and oxygen atoms in total. The van der Waals surface area contributed by atoms with E-state index < -0.39 is 0 Å². The average Bonchev–Trinajstić information content (AvgIpc) is 2.84. The van der Waals surface area contributed by atoms with Crippen molar-refractivity contribution in [2.24, 2.45) is 13.0 Å². The Morgan fingerprint density at radius 3 is 3.27 bits per heavy atom. The lowest BCUT2D eigenvalue weighted by Gasteiger charge is -2.07. The summed E-state index contributed by atoms with van der Waals surface area (Å²) in [6, 6.07) is 0. The quantitative estimate of drug-likeness (QED) is 0.766. The highest BCUT2D eigenvalue weighted by Gasteiger charge is 2.22. The predicted molar refractivity (Wildman–Crippen MR) is 54.0 cm³/mol. The van der Waals surface area contributed by atoms with Gasteiger partial charge in [-0.2, -0.15) is 5.10 Å². The molecular formula is C10H15N3O2. The highest BCUT2D eigenvalue weighted by atomic mass is 16.5. The Morgan fingerprint density at radius 1 is 1.80 bits per heavy atom. The van der Waals surface area contributed by atoms with Gasteiger partial charge in [-0.15, -0.1) is 0 Å². The topological polar surface area (TPSA) is 56.2 Å². The first-order chi connectivity index (χ1) is 7.25. The molecule has 82 valence electrons. The fourth-order valence-corrected chi connectivity index (χ4v) is 1.64. The van der Waals surface area contributed by atoms with Gasteiger partial charge >= 0.3 is 0 Å². The van der Waals surface area contributed by atoms with E-state index in [2.05, 4.69) is 10.4 Å². The van der Waals surface area contributed by atoms with E-state index in [9.17, 15) is 4.79 Å². The van der Waals surface area contributed by atoms with E-state index >= 15 is 0 Å². The Bertz CT molecular complexity index is 342. The zero-order valence-electron chi connectivity index (χ0n) is 8.77. The normalized spacial score (nSPS) is 20.5. The molecule has 1 aromatic heterocycles. The van der Waals surface area contributed by atoms with Gasteiger partial charge in [-0.3, -0.25) is 9.48 Å². The maximum absolute atomic E-state index is 11.6. The largest absolute Gasteiger partial charge is 0.381 e. The smallest absolute Gasteiger partial charge is 0.225 e. The third-order valence-electron chi connectivity index (χ3n) is 2.53. The van der Waals surface area contributed by atoms with Crippen molar-refractivity contribution in [3.05, 3.63) is 18.0 Å². The highest BCUT2D eigenvalue weighted by molar-refractivity contribution is 5.78. The number of carbonyl (C=O) groups excluding carboxylic acids is 1. The Labute approximate surface area is 88.4 Å². The van der Waals surface area contributed by atoms with Crippen molar-refractivity contribution >= 4 is 5.91 Å². The van der Waals surface area contributed by atoms with Gasteiger partial charge in [0.25, 0.3) is 0 Å². The van der Waals surface area contributed by atoms with Crippen LogP contribution in [0, 0.1) is 5.92 Å². The van der Waals surface area contributed by atoms with Crippen LogP contribution in [0.4, 0.5) is 0 Å². The molecule has 1 saturated heterocycles. The van der Waals surface area contributed by atoms with E-state index in [0.717, 1.165) is 12.0 Å². The molecule has 1 aliphatic rings. The van der Waals surface area contributed by atoms with Crippen LogP contribution >= 0.6 is 0 Å². The van der Waals surface area contributed by atoms with E-state index in [1.165, 1.54) is 0 Å². The molecule has 1 atom stereocenters. The molecule has 5 heteroatoms. The minimum Gasteiger partial charge on any atom is -0.381 e. The Morgan fingerprint density at radius 2 is 2.67 bits per heavy atom. The van der Waals surface area contributed by atoms with Crippen molar-refractivity contribution in [3.63, 3.8) is 0 Å². The zero-order chi connectivity index (χ0) is 10.7. The van der Waals surface area contributed by atoms with E-state index in [0.29, 0.717) is 19.8 Å². The number of rotatable bonds is 3.